The van der Waals surface area contributed by atoms with Crippen LogP contribution < -0.4 is 23.7 Å². The molecule has 5 radical (unpaired) electrons. The van der Waals surface area contributed by atoms with Crippen molar-refractivity contribution in [3.8, 4) is 28.7 Å². The Bertz CT molecular complexity index is 2960. The Morgan fingerprint density at radius 3 is 0.518 bits per heavy atom. The Balaban J connectivity index is 0.000000680. The minimum atomic E-state index is -0.128. The van der Waals surface area contributed by atoms with Crippen LogP contribution in [-0.2, 0) is 24.0 Å². The van der Waals surface area contributed by atoms with Crippen molar-refractivity contribution in [3.63, 3.8) is 0 Å². The van der Waals surface area contributed by atoms with Gasteiger partial charge in [0.15, 0.2) is 0 Å². The number of ether oxygens (including phenoxy) is 5. The molecular weight excluding hydrogens is 1610 g/mol. The molecule has 5 aliphatic carbocycles. The fourth-order valence-corrected chi connectivity index (χ4v) is 16.1. The van der Waals surface area contributed by atoms with Crippen molar-refractivity contribution in [1.82, 2.24) is 0 Å². The van der Waals surface area contributed by atoms with E-state index >= 15 is 0 Å². The normalized spacial score (nSPS) is 21.0. The third kappa shape index (κ3) is 37.5. The Morgan fingerprint density at radius 2 is 0.400 bits per heavy atom. The standard InChI is InChI=1S/5C17H22ClO2S.5FH/c5*1-2-3-4-12-5-7-13(8-6-12)17(19)20-14-9-10-16(21)15(18)11-14;;;;;/h5*9-13H,2-8H2,1H3;5*1H. The van der Waals surface area contributed by atoms with Crippen LogP contribution in [0, 0.1) is 59.2 Å². The number of carbonyl (C=O) groups excluding carboxylic acids is 5. The molecule has 110 heavy (non-hydrogen) atoms. The van der Waals surface area contributed by atoms with Gasteiger partial charge in [-0.15, -0.1) is 0 Å². The summed E-state index contributed by atoms with van der Waals surface area (Å²) in [5.41, 5.74) is 0. The minimum Gasteiger partial charge on any atom is -0.426 e. The van der Waals surface area contributed by atoms with Crippen molar-refractivity contribution < 1.29 is 71.2 Å². The largest absolute Gasteiger partial charge is 0.426 e. The molecule has 0 saturated heterocycles. The maximum atomic E-state index is 12.2. The molecule has 25 heteroatoms. The first-order valence-electron chi connectivity index (χ1n) is 38.9. The average molecular weight is 1730 g/mol. The average Bonchev–Trinajstić information content (AvgIpc) is 0.874. The number of halogens is 10. The van der Waals surface area contributed by atoms with E-state index in [-0.39, 0.29) is 83.0 Å². The number of hydrogen-bond donors (Lipinski definition) is 0. The summed E-state index contributed by atoms with van der Waals surface area (Å²) < 4.78 is 27.2. The molecule has 5 aromatic carbocycles. The van der Waals surface area contributed by atoms with Gasteiger partial charge in [0.05, 0.1) is 79.2 Å². The quantitative estimate of drug-likeness (QED) is 0.0316. The Labute approximate surface area is 704 Å². The molecule has 5 saturated carbocycles. The highest BCUT2D eigenvalue weighted by Crippen LogP contribution is 2.40. The van der Waals surface area contributed by atoms with Crippen LogP contribution in [0.1, 0.15) is 259 Å². The molecule has 0 N–H and O–H groups in total. The monoisotopic (exact) mass is 1730 g/mol. The topological polar surface area (TPSA) is 132 Å². The smallest absolute Gasteiger partial charge is 0.314 e. The highest BCUT2D eigenvalue weighted by atomic mass is 35.5. The lowest BCUT2D eigenvalue weighted by Gasteiger charge is -2.27. The second-order valence-corrected chi connectivity index (χ2v) is 33.6. The number of esters is 5. The van der Waals surface area contributed by atoms with Crippen molar-refractivity contribution in [3.05, 3.63) is 116 Å². The van der Waals surface area contributed by atoms with Crippen molar-refractivity contribution in [2.75, 3.05) is 0 Å². The van der Waals surface area contributed by atoms with Gasteiger partial charge >= 0.3 is 29.8 Å². The predicted octanol–water partition coefficient (Wildman–Crippen LogP) is 29.8. The fraction of sp³-hybridized carbons (Fsp3) is 0.588. The zero-order chi connectivity index (χ0) is 76.2. The van der Waals surface area contributed by atoms with Gasteiger partial charge in [0.2, 0.25) is 0 Å². The number of benzene rings is 5. The molecule has 10 nitrogen and oxygen atoms in total. The van der Waals surface area contributed by atoms with Crippen LogP contribution in [0.25, 0.3) is 0 Å². The summed E-state index contributed by atoms with van der Waals surface area (Å²) in [6, 6.07) is 25.1. The van der Waals surface area contributed by atoms with E-state index in [1.807, 2.05) is 0 Å². The van der Waals surface area contributed by atoms with Gasteiger partial charge in [0, 0.05) is 30.3 Å². The van der Waals surface area contributed by atoms with Gasteiger partial charge in [-0.2, -0.15) is 0 Å². The SMILES string of the molecule is CCCCC1CCC(C(=O)Oc2ccc([S])c(Cl)c2)CC1.CCCCC1CCC(C(=O)Oc2ccc([S])c(Cl)c2)CC1.CCCCC1CCC(C(=O)Oc2ccc([S])c(Cl)c2)CC1.CCCCC1CCC(C(=O)Oc2ccc([S])c(Cl)c2)CC1.CCCCC1CCC(C(=O)Oc2ccc([S])c(Cl)c2)CC1.F.F.F.F.F. The lowest BCUT2D eigenvalue weighted by atomic mass is 9.80. The van der Waals surface area contributed by atoms with Gasteiger partial charge in [0.1, 0.15) is 28.7 Å². The van der Waals surface area contributed by atoms with E-state index in [2.05, 4.69) is 34.6 Å². The Kier molecular flexibility index (Phi) is 53.6. The highest BCUT2D eigenvalue weighted by molar-refractivity contribution is 7.81. The summed E-state index contributed by atoms with van der Waals surface area (Å²) in [7, 11) is 0. The van der Waals surface area contributed by atoms with E-state index in [0.717, 1.165) is 158 Å². The van der Waals surface area contributed by atoms with E-state index < -0.39 is 0 Å². The summed E-state index contributed by atoms with van der Waals surface area (Å²) in [4.78, 5) is 63.8. The van der Waals surface area contributed by atoms with Gasteiger partial charge in [0.25, 0.3) is 0 Å². The van der Waals surface area contributed by atoms with E-state index in [4.69, 9.17) is 145 Å². The summed E-state index contributed by atoms with van der Waals surface area (Å²) in [5, 5.41) is 2.29. The molecule has 10 rings (SSSR count). The van der Waals surface area contributed by atoms with Crippen LogP contribution in [0.15, 0.2) is 115 Å². The zero-order valence-corrected chi connectivity index (χ0v) is 72.1. The van der Waals surface area contributed by atoms with Gasteiger partial charge in [-0.1, -0.05) is 252 Å². The van der Waals surface area contributed by atoms with Crippen LogP contribution in [-0.4, -0.2) is 29.8 Å². The third-order valence-corrected chi connectivity index (χ3v) is 25.2. The van der Waals surface area contributed by atoms with Gasteiger partial charge in [-0.25, -0.2) is 0 Å². The summed E-state index contributed by atoms with van der Waals surface area (Å²) in [6.07, 6.45) is 40.1. The second kappa shape index (κ2) is 56.8. The first-order valence-corrected chi connectivity index (χ1v) is 42.8. The van der Waals surface area contributed by atoms with E-state index in [1.165, 1.54) is 96.3 Å². The molecule has 0 heterocycles. The number of carbonyl (C=O) groups is 5. The molecule has 5 aliphatic rings. The van der Waals surface area contributed by atoms with E-state index in [1.54, 1.807) is 91.0 Å². The molecule has 0 aliphatic heterocycles. The van der Waals surface area contributed by atoms with E-state index in [9.17, 15) is 24.0 Å². The molecule has 5 aromatic rings. The molecule has 0 amide bonds. The second-order valence-electron chi connectivity index (χ2n) is 29.4. The molecule has 0 aromatic heterocycles. The van der Waals surface area contributed by atoms with Crippen molar-refractivity contribution in [2.45, 2.75) is 284 Å². The Morgan fingerprint density at radius 1 is 0.264 bits per heavy atom. The highest BCUT2D eigenvalue weighted by Gasteiger charge is 2.33. The zero-order valence-electron chi connectivity index (χ0n) is 64.2. The molecule has 0 atom stereocenters. The number of hydrogen-bond acceptors (Lipinski definition) is 10. The Hall–Kier alpha value is -4.35. The minimum absolute atomic E-state index is 0. The fourth-order valence-electron chi connectivity index (χ4n) is 14.6. The molecule has 5 fully saturated rings. The summed E-state index contributed by atoms with van der Waals surface area (Å²) in [5.74, 6) is 5.96. The first kappa shape index (κ1) is 104. The van der Waals surface area contributed by atoms with Crippen LogP contribution >= 0.6 is 121 Å². The van der Waals surface area contributed by atoms with Gasteiger partial charge in [-0.3, -0.25) is 47.5 Å². The van der Waals surface area contributed by atoms with Crippen LogP contribution in [0.4, 0.5) is 23.5 Å². The van der Waals surface area contributed by atoms with Crippen LogP contribution in [0.3, 0.4) is 0 Å². The lowest BCUT2D eigenvalue weighted by molar-refractivity contribution is -0.141. The molecule has 0 unspecified atom stereocenters. The first-order chi connectivity index (χ1) is 50.5. The molecule has 0 spiro atoms. The van der Waals surface area contributed by atoms with Crippen molar-refractivity contribution >= 4 is 151 Å². The van der Waals surface area contributed by atoms with Crippen LogP contribution in [0.5, 0.6) is 28.7 Å². The van der Waals surface area contributed by atoms with E-state index in [0.29, 0.717) is 78.3 Å². The van der Waals surface area contributed by atoms with Gasteiger partial charge < -0.3 is 23.7 Å². The third-order valence-electron chi connectivity index (χ3n) is 21.3. The number of rotatable bonds is 25. The molecule has 615 valence electrons. The lowest BCUT2D eigenvalue weighted by Crippen LogP contribution is -2.25. The predicted molar refractivity (Wildman–Crippen MR) is 452 cm³/mol. The maximum Gasteiger partial charge on any atom is 0.314 e. The summed E-state index contributed by atoms with van der Waals surface area (Å²) in [6.45, 7) is 11.1. The van der Waals surface area contributed by atoms with Gasteiger partial charge in [-0.05, 0) is 219 Å². The van der Waals surface area contributed by atoms with Crippen molar-refractivity contribution in [2.24, 2.45) is 59.2 Å². The van der Waals surface area contributed by atoms with Crippen LogP contribution in [0.2, 0.25) is 25.1 Å². The molecule has 0 bridgehead atoms. The molecular formula is C85H115Cl5F5O10S5. The maximum absolute atomic E-state index is 12.2. The number of unbranched alkanes of at least 4 members (excludes halogenated alkanes) is 5. The van der Waals surface area contributed by atoms with Crippen molar-refractivity contribution in [1.29, 1.82) is 0 Å². The summed E-state index contributed by atoms with van der Waals surface area (Å²) >= 11 is 54.9.